The molecule has 112 valence electrons. The van der Waals surface area contributed by atoms with Gasteiger partial charge in [0.05, 0.1) is 5.69 Å². The van der Waals surface area contributed by atoms with Crippen molar-refractivity contribution in [1.29, 1.82) is 0 Å². The van der Waals surface area contributed by atoms with Gasteiger partial charge in [-0.2, -0.15) is 0 Å². The van der Waals surface area contributed by atoms with Crippen molar-refractivity contribution in [3.05, 3.63) is 29.8 Å². The number of thioether (sulfide) groups is 1. The zero-order valence-electron chi connectivity index (χ0n) is 12.6. The van der Waals surface area contributed by atoms with Gasteiger partial charge in [0, 0.05) is 30.3 Å². The van der Waals surface area contributed by atoms with Crippen LogP contribution in [0.5, 0.6) is 0 Å². The lowest BCUT2D eigenvalue weighted by atomic mass is 10.1. The quantitative estimate of drug-likeness (QED) is 0.843. The van der Waals surface area contributed by atoms with Gasteiger partial charge in [0.15, 0.2) is 4.87 Å². The molecule has 5 heteroatoms. The van der Waals surface area contributed by atoms with Crippen LogP contribution in [0.1, 0.15) is 32.8 Å². The predicted octanol–water partition coefficient (Wildman–Crippen LogP) is 2.58. The molecule has 21 heavy (non-hydrogen) atoms. The van der Waals surface area contributed by atoms with Gasteiger partial charge >= 0.3 is 0 Å². The highest BCUT2D eigenvalue weighted by Gasteiger charge is 2.59. The molecule has 2 aliphatic rings. The number of hydrogen-bond acceptors (Lipinski definition) is 3. The Bertz CT molecular complexity index is 602. The second kappa shape index (κ2) is 5.05. The highest BCUT2D eigenvalue weighted by molar-refractivity contribution is 8.01. The number of fused-ring (bicyclic) bond motifs is 2. The van der Waals surface area contributed by atoms with Crippen molar-refractivity contribution in [1.82, 2.24) is 4.90 Å². The van der Waals surface area contributed by atoms with Gasteiger partial charge < -0.3 is 9.80 Å². The van der Waals surface area contributed by atoms with E-state index in [1.807, 2.05) is 49.9 Å². The largest absolute Gasteiger partial charge is 0.315 e. The number of carbonyl (C=O) groups excluding carboxylic acids is 2. The Morgan fingerprint density at radius 1 is 1.38 bits per heavy atom. The Hall–Kier alpha value is -1.49. The van der Waals surface area contributed by atoms with Crippen LogP contribution >= 0.6 is 11.8 Å². The van der Waals surface area contributed by atoms with Gasteiger partial charge in [-0.15, -0.1) is 11.8 Å². The van der Waals surface area contributed by atoms with E-state index < -0.39 is 4.87 Å². The van der Waals surface area contributed by atoms with Crippen molar-refractivity contribution < 1.29 is 9.59 Å². The van der Waals surface area contributed by atoms with Crippen molar-refractivity contribution in [3.8, 4) is 0 Å². The second-order valence-electron chi connectivity index (χ2n) is 5.68. The van der Waals surface area contributed by atoms with E-state index in [4.69, 9.17) is 0 Å². The van der Waals surface area contributed by atoms with Crippen LogP contribution in [-0.4, -0.2) is 35.1 Å². The Morgan fingerprint density at radius 2 is 2.10 bits per heavy atom. The summed E-state index contributed by atoms with van der Waals surface area (Å²) in [6.45, 7) is 6.52. The van der Waals surface area contributed by atoms with Crippen molar-refractivity contribution in [2.45, 2.75) is 38.1 Å². The van der Waals surface area contributed by atoms with Gasteiger partial charge in [0.25, 0.3) is 5.91 Å². The standard InChI is InChI=1S/C16H20N2O2S/c1-4-14(19)17-9-10-21-16(17)12-7-5-6-8-13(12)18(11(2)3)15(16)20/h5-8,11H,4,9-10H2,1-3H3. The molecule has 3 rings (SSSR count). The Morgan fingerprint density at radius 3 is 2.76 bits per heavy atom. The molecule has 0 aromatic heterocycles. The van der Waals surface area contributed by atoms with Crippen molar-refractivity contribution in [2.75, 3.05) is 17.2 Å². The molecule has 2 aliphatic heterocycles. The van der Waals surface area contributed by atoms with Crippen LogP contribution in [0.25, 0.3) is 0 Å². The van der Waals surface area contributed by atoms with E-state index in [1.54, 1.807) is 16.7 Å². The van der Waals surface area contributed by atoms with Crippen molar-refractivity contribution >= 4 is 29.3 Å². The maximum atomic E-state index is 13.2. The van der Waals surface area contributed by atoms with E-state index in [0.29, 0.717) is 13.0 Å². The summed E-state index contributed by atoms with van der Waals surface area (Å²) >= 11 is 1.59. The fourth-order valence-corrected chi connectivity index (χ4v) is 4.75. The molecular formula is C16H20N2O2S. The molecule has 0 radical (unpaired) electrons. The van der Waals surface area contributed by atoms with Crippen molar-refractivity contribution in [3.63, 3.8) is 0 Å². The average molecular weight is 304 g/mol. The van der Waals surface area contributed by atoms with Crippen LogP contribution < -0.4 is 4.90 Å². The number of carbonyl (C=O) groups is 2. The monoisotopic (exact) mass is 304 g/mol. The van der Waals surface area contributed by atoms with E-state index in [2.05, 4.69) is 0 Å². The van der Waals surface area contributed by atoms with Crippen molar-refractivity contribution in [2.24, 2.45) is 0 Å². The Balaban J connectivity index is 2.19. The molecule has 1 aromatic rings. The summed E-state index contributed by atoms with van der Waals surface area (Å²) in [5.41, 5.74) is 1.91. The summed E-state index contributed by atoms with van der Waals surface area (Å²) in [5.74, 6) is 0.884. The molecule has 1 unspecified atom stereocenters. The first-order chi connectivity index (χ1) is 10.0. The van der Waals surface area contributed by atoms with Crippen LogP contribution in [0, 0.1) is 0 Å². The van der Waals surface area contributed by atoms with Crippen LogP contribution in [0.4, 0.5) is 5.69 Å². The maximum Gasteiger partial charge on any atom is 0.268 e. The van der Waals surface area contributed by atoms with Crippen LogP contribution in [0.3, 0.4) is 0 Å². The predicted molar refractivity (Wildman–Crippen MR) is 85.2 cm³/mol. The average Bonchev–Trinajstić information content (AvgIpc) is 3.01. The summed E-state index contributed by atoms with van der Waals surface area (Å²) in [5, 5.41) is 0. The minimum atomic E-state index is -0.839. The van der Waals surface area contributed by atoms with E-state index in [9.17, 15) is 9.59 Å². The molecule has 1 aromatic carbocycles. The molecule has 0 saturated carbocycles. The number of rotatable bonds is 2. The highest BCUT2D eigenvalue weighted by atomic mass is 32.2. The zero-order chi connectivity index (χ0) is 15.2. The normalized spacial score (nSPS) is 24.3. The van der Waals surface area contributed by atoms with E-state index in [-0.39, 0.29) is 17.9 Å². The summed E-state index contributed by atoms with van der Waals surface area (Å²) in [6, 6.07) is 7.95. The summed E-state index contributed by atoms with van der Waals surface area (Å²) in [6.07, 6.45) is 0.430. The minimum absolute atomic E-state index is 0.0306. The first-order valence-corrected chi connectivity index (χ1v) is 8.40. The van der Waals surface area contributed by atoms with Crippen LogP contribution in [0.15, 0.2) is 24.3 Å². The fraction of sp³-hybridized carbons (Fsp3) is 0.500. The smallest absolute Gasteiger partial charge is 0.268 e. The molecular weight excluding hydrogens is 284 g/mol. The summed E-state index contributed by atoms with van der Waals surface area (Å²) in [4.78, 5) is 28.3. The lowest BCUT2D eigenvalue weighted by Gasteiger charge is -2.33. The van der Waals surface area contributed by atoms with Gasteiger partial charge in [0.2, 0.25) is 5.91 Å². The minimum Gasteiger partial charge on any atom is -0.315 e. The topological polar surface area (TPSA) is 40.6 Å². The van der Waals surface area contributed by atoms with E-state index in [1.165, 1.54) is 0 Å². The number of benzene rings is 1. The highest BCUT2D eigenvalue weighted by Crippen LogP contribution is 2.54. The third-order valence-electron chi connectivity index (χ3n) is 4.16. The summed E-state index contributed by atoms with van der Waals surface area (Å²) in [7, 11) is 0. The molecule has 0 N–H and O–H groups in total. The third-order valence-corrected chi connectivity index (χ3v) is 5.58. The molecule has 0 bridgehead atoms. The van der Waals surface area contributed by atoms with E-state index >= 15 is 0 Å². The number of anilines is 1. The molecule has 1 atom stereocenters. The molecule has 1 spiro atoms. The molecule has 4 nitrogen and oxygen atoms in total. The third kappa shape index (κ3) is 1.83. The fourth-order valence-electron chi connectivity index (χ4n) is 3.28. The number of amides is 2. The van der Waals surface area contributed by atoms with Gasteiger partial charge in [-0.25, -0.2) is 0 Å². The van der Waals surface area contributed by atoms with Gasteiger partial charge in [-0.3, -0.25) is 9.59 Å². The second-order valence-corrected chi connectivity index (χ2v) is 6.97. The van der Waals surface area contributed by atoms with Gasteiger partial charge in [0.1, 0.15) is 0 Å². The number of nitrogens with zero attached hydrogens (tertiary/aromatic N) is 2. The molecule has 1 fully saturated rings. The molecule has 0 aliphatic carbocycles. The molecule has 1 saturated heterocycles. The van der Waals surface area contributed by atoms with Crippen LogP contribution in [-0.2, 0) is 14.5 Å². The van der Waals surface area contributed by atoms with Gasteiger partial charge in [-0.05, 0) is 19.9 Å². The number of hydrogen-bond donors (Lipinski definition) is 0. The Kier molecular flexibility index (Phi) is 3.48. The Labute approximate surface area is 129 Å². The van der Waals surface area contributed by atoms with Crippen LogP contribution in [0.2, 0.25) is 0 Å². The first kappa shape index (κ1) is 14.4. The first-order valence-electron chi connectivity index (χ1n) is 7.41. The van der Waals surface area contributed by atoms with Gasteiger partial charge in [-0.1, -0.05) is 25.1 Å². The van der Waals surface area contributed by atoms with E-state index in [0.717, 1.165) is 17.0 Å². The lowest BCUT2D eigenvalue weighted by Crippen LogP contribution is -2.51. The zero-order valence-corrected chi connectivity index (χ0v) is 13.4. The summed E-state index contributed by atoms with van der Waals surface area (Å²) < 4.78 is 0. The molecule has 2 amide bonds. The SMILES string of the molecule is CCC(=O)N1CCSC12C(=O)N(C(C)C)c1ccccc12. The maximum absolute atomic E-state index is 13.2. The lowest BCUT2D eigenvalue weighted by molar-refractivity contribution is -0.139. The molecule has 2 heterocycles. The number of para-hydroxylation sites is 1.